The van der Waals surface area contributed by atoms with Crippen molar-refractivity contribution in [2.24, 2.45) is 5.92 Å². The molecule has 1 N–H and O–H groups in total. The van der Waals surface area contributed by atoms with Crippen molar-refractivity contribution in [1.82, 2.24) is 4.90 Å². The first kappa shape index (κ1) is 14.5. The van der Waals surface area contributed by atoms with Gasteiger partial charge < -0.3 is 10.0 Å². The van der Waals surface area contributed by atoms with Crippen LogP contribution in [-0.2, 0) is 9.59 Å². The van der Waals surface area contributed by atoms with Gasteiger partial charge >= 0.3 is 5.97 Å². The second-order valence-corrected chi connectivity index (χ2v) is 6.49. The van der Waals surface area contributed by atoms with Gasteiger partial charge in [0.15, 0.2) is 0 Å². The number of carbonyl (C=O) groups excluding carboxylic acids is 1. The molecule has 1 aromatic rings. The number of hydrogen-bond donors (Lipinski definition) is 1. The van der Waals surface area contributed by atoms with Crippen LogP contribution < -0.4 is 0 Å². The number of aliphatic carboxylic acids is 1. The van der Waals surface area contributed by atoms with E-state index in [1.165, 1.54) is 6.07 Å². The fourth-order valence-electron chi connectivity index (χ4n) is 3.05. The fourth-order valence-corrected chi connectivity index (χ4v) is 3.29. The average Bonchev–Trinajstić information content (AvgIpc) is 3.25. The number of hydrogen-bond acceptors (Lipinski definition) is 2. The summed E-state index contributed by atoms with van der Waals surface area (Å²) in [6, 6.07) is 4.13. The molecule has 2 atom stereocenters. The Morgan fingerprint density at radius 3 is 2.62 bits per heavy atom. The second-order valence-electron chi connectivity index (χ2n) is 5.63. The maximum Gasteiger partial charge on any atom is 0.308 e. The predicted octanol–water partition coefficient (Wildman–Crippen LogP) is 3.11. The van der Waals surface area contributed by atoms with Crippen LogP contribution in [0.25, 0.3) is 0 Å². The highest BCUT2D eigenvalue weighted by Gasteiger charge is 2.46. The minimum Gasteiger partial charge on any atom is -0.481 e. The predicted molar refractivity (Wildman–Crippen MR) is 77.1 cm³/mol. The molecule has 2 unspecified atom stereocenters. The van der Waals surface area contributed by atoms with E-state index in [1.54, 1.807) is 17.0 Å². The molecule has 21 heavy (non-hydrogen) atoms. The summed E-state index contributed by atoms with van der Waals surface area (Å²) in [6.07, 6.45) is 2.35. The SMILES string of the molecule is O=C(O)C1CCC(=O)N(C2CC2)C1c1ccc(Br)c(F)c1. The van der Waals surface area contributed by atoms with Crippen LogP contribution in [0.3, 0.4) is 0 Å². The number of halogens is 2. The molecule has 1 aromatic carbocycles. The van der Waals surface area contributed by atoms with E-state index in [0.717, 1.165) is 12.8 Å². The Morgan fingerprint density at radius 2 is 2.05 bits per heavy atom. The van der Waals surface area contributed by atoms with Crippen molar-refractivity contribution >= 4 is 27.8 Å². The van der Waals surface area contributed by atoms with Crippen LogP contribution in [0.5, 0.6) is 0 Å². The number of benzene rings is 1. The standard InChI is InChI=1S/C15H15BrFNO3/c16-11-5-1-8(7-12(11)17)14-10(15(20)21)4-6-13(19)18(14)9-2-3-9/h1,5,7,9-10,14H,2-4,6H2,(H,20,21). The molecule has 4 nitrogen and oxygen atoms in total. The quantitative estimate of drug-likeness (QED) is 0.906. The smallest absolute Gasteiger partial charge is 0.308 e. The first-order valence-electron chi connectivity index (χ1n) is 6.98. The number of amides is 1. The van der Waals surface area contributed by atoms with Crippen molar-refractivity contribution in [3.8, 4) is 0 Å². The zero-order valence-electron chi connectivity index (χ0n) is 11.3. The minimum atomic E-state index is -0.929. The third-order valence-electron chi connectivity index (χ3n) is 4.18. The lowest BCUT2D eigenvalue weighted by Gasteiger charge is -2.40. The molecule has 112 valence electrons. The first-order chi connectivity index (χ1) is 9.99. The van der Waals surface area contributed by atoms with Gasteiger partial charge in [0.1, 0.15) is 5.82 Å². The second kappa shape index (κ2) is 5.40. The van der Waals surface area contributed by atoms with Crippen LogP contribution in [-0.4, -0.2) is 27.9 Å². The largest absolute Gasteiger partial charge is 0.481 e. The minimum absolute atomic E-state index is 0.0247. The summed E-state index contributed by atoms with van der Waals surface area (Å²) < 4.78 is 14.1. The monoisotopic (exact) mass is 355 g/mol. The zero-order chi connectivity index (χ0) is 15.1. The Hall–Kier alpha value is -1.43. The number of carbonyl (C=O) groups is 2. The molecule has 2 fully saturated rings. The van der Waals surface area contributed by atoms with Crippen molar-refractivity contribution in [2.75, 3.05) is 0 Å². The molecule has 1 saturated carbocycles. The maximum atomic E-state index is 13.8. The van der Waals surface area contributed by atoms with Gasteiger partial charge in [-0.3, -0.25) is 9.59 Å². The normalized spacial score (nSPS) is 26.0. The highest BCUT2D eigenvalue weighted by molar-refractivity contribution is 9.10. The molecule has 0 bridgehead atoms. The van der Waals surface area contributed by atoms with Crippen LogP contribution in [0.15, 0.2) is 22.7 Å². The third kappa shape index (κ3) is 2.69. The summed E-state index contributed by atoms with van der Waals surface area (Å²) in [6.45, 7) is 0. The summed E-state index contributed by atoms with van der Waals surface area (Å²) in [4.78, 5) is 25.4. The molecule has 3 rings (SSSR count). The third-order valence-corrected chi connectivity index (χ3v) is 4.82. The molecule has 1 aliphatic heterocycles. The number of nitrogens with zero attached hydrogens (tertiary/aromatic N) is 1. The number of carboxylic acid groups (broad SMARTS) is 1. The number of carboxylic acids is 1. The lowest BCUT2D eigenvalue weighted by atomic mass is 9.84. The molecule has 1 aliphatic carbocycles. The Kier molecular flexibility index (Phi) is 3.73. The van der Waals surface area contributed by atoms with Crippen LogP contribution >= 0.6 is 15.9 Å². The Morgan fingerprint density at radius 1 is 1.33 bits per heavy atom. The van der Waals surface area contributed by atoms with E-state index in [2.05, 4.69) is 15.9 Å². The van der Waals surface area contributed by atoms with Gasteiger partial charge in [-0.05, 0) is 52.9 Å². The first-order valence-corrected chi connectivity index (χ1v) is 7.77. The summed E-state index contributed by atoms with van der Waals surface area (Å²) in [7, 11) is 0. The van der Waals surface area contributed by atoms with E-state index in [4.69, 9.17) is 0 Å². The topological polar surface area (TPSA) is 57.6 Å². The molecular formula is C15H15BrFNO3. The number of rotatable bonds is 3. The Balaban J connectivity index is 2.03. The van der Waals surface area contributed by atoms with E-state index < -0.39 is 23.7 Å². The zero-order valence-corrected chi connectivity index (χ0v) is 12.8. The van der Waals surface area contributed by atoms with Crippen molar-refractivity contribution in [3.63, 3.8) is 0 Å². The number of piperidine rings is 1. The van der Waals surface area contributed by atoms with E-state index in [-0.39, 0.29) is 18.4 Å². The van der Waals surface area contributed by atoms with Gasteiger partial charge in [0.05, 0.1) is 16.4 Å². The molecule has 1 saturated heterocycles. The number of likely N-dealkylation sites (tertiary alicyclic amines) is 1. The lowest BCUT2D eigenvalue weighted by molar-refractivity contribution is -0.152. The van der Waals surface area contributed by atoms with Gasteiger partial charge in [0.2, 0.25) is 5.91 Å². The van der Waals surface area contributed by atoms with E-state index in [1.807, 2.05) is 0 Å². The Bertz CT molecular complexity index is 603. The molecule has 1 amide bonds. The van der Waals surface area contributed by atoms with Crippen molar-refractivity contribution < 1.29 is 19.1 Å². The maximum absolute atomic E-state index is 13.8. The highest BCUT2D eigenvalue weighted by Crippen LogP contribution is 2.44. The van der Waals surface area contributed by atoms with E-state index in [0.29, 0.717) is 16.5 Å². The van der Waals surface area contributed by atoms with Gasteiger partial charge in [-0.25, -0.2) is 4.39 Å². The van der Waals surface area contributed by atoms with Gasteiger partial charge in [-0.2, -0.15) is 0 Å². The van der Waals surface area contributed by atoms with Crippen LogP contribution in [0.2, 0.25) is 0 Å². The lowest BCUT2D eigenvalue weighted by Crippen LogP contribution is -2.46. The van der Waals surface area contributed by atoms with Gasteiger partial charge in [-0.15, -0.1) is 0 Å². The van der Waals surface area contributed by atoms with Gasteiger partial charge in [0, 0.05) is 12.5 Å². The van der Waals surface area contributed by atoms with E-state index >= 15 is 0 Å². The fraction of sp³-hybridized carbons (Fsp3) is 0.467. The molecule has 6 heteroatoms. The van der Waals surface area contributed by atoms with E-state index in [9.17, 15) is 19.1 Å². The molecular weight excluding hydrogens is 341 g/mol. The van der Waals surface area contributed by atoms with Gasteiger partial charge in [0.25, 0.3) is 0 Å². The molecule has 1 heterocycles. The van der Waals surface area contributed by atoms with Crippen molar-refractivity contribution in [3.05, 3.63) is 34.1 Å². The summed E-state index contributed by atoms with van der Waals surface area (Å²) in [5, 5.41) is 9.46. The van der Waals surface area contributed by atoms with Crippen molar-refractivity contribution in [2.45, 2.75) is 37.8 Å². The molecule has 0 aromatic heterocycles. The molecule has 0 radical (unpaired) electrons. The van der Waals surface area contributed by atoms with Gasteiger partial charge in [-0.1, -0.05) is 6.07 Å². The van der Waals surface area contributed by atoms with Crippen molar-refractivity contribution in [1.29, 1.82) is 0 Å². The summed E-state index contributed by atoms with van der Waals surface area (Å²) in [5.74, 6) is -2.07. The summed E-state index contributed by atoms with van der Waals surface area (Å²) >= 11 is 3.09. The van der Waals surface area contributed by atoms with Crippen LogP contribution in [0.4, 0.5) is 4.39 Å². The highest BCUT2D eigenvalue weighted by atomic mass is 79.9. The van der Waals surface area contributed by atoms with Crippen LogP contribution in [0, 0.1) is 11.7 Å². The average molecular weight is 356 g/mol. The molecule has 2 aliphatic rings. The van der Waals surface area contributed by atoms with Crippen LogP contribution in [0.1, 0.15) is 37.3 Å². The Labute approximate surface area is 130 Å². The summed E-state index contributed by atoms with van der Waals surface area (Å²) in [5.41, 5.74) is 0.558. The molecule has 0 spiro atoms.